The maximum atomic E-state index is 13.1. The number of amides is 1. The molecule has 1 amide bonds. The first kappa shape index (κ1) is 26.4. The van der Waals surface area contributed by atoms with Crippen LogP contribution in [0.15, 0.2) is 30.3 Å². The molecule has 182 valence electrons. The van der Waals surface area contributed by atoms with Gasteiger partial charge < -0.3 is 25.0 Å². The number of hydrogen-bond acceptors (Lipinski definition) is 5. The summed E-state index contributed by atoms with van der Waals surface area (Å²) >= 11 is 0. The molecule has 6 heteroatoms. The summed E-state index contributed by atoms with van der Waals surface area (Å²) in [7, 11) is 3.19. The zero-order valence-electron chi connectivity index (χ0n) is 20.8. The molecule has 0 aliphatic heterocycles. The van der Waals surface area contributed by atoms with E-state index in [0.29, 0.717) is 22.8 Å². The fourth-order valence-corrected chi connectivity index (χ4v) is 4.94. The predicted octanol–water partition coefficient (Wildman–Crippen LogP) is 5.93. The fraction of sp³-hybridized carbons (Fsp3) is 0.519. The lowest BCUT2D eigenvalue weighted by molar-refractivity contribution is 0.0947. The monoisotopic (exact) mass is 457 g/mol. The number of aromatic hydroxyl groups is 2. The maximum absolute atomic E-state index is 13.1. The van der Waals surface area contributed by atoms with Crippen LogP contribution in [-0.4, -0.2) is 30.3 Å². The van der Waals surface area contributed by atoms with Crippen molar-refractivity contribution in [1.82, 2.24) is 5.32 Å². The molecule has 0 aromatic heterocycles. The molecule has 3 rings (SSSR count). The van der Waals surface area contributed by atoms with Gasteiger partial charge in [-0.25, -0.2) is 0 Å². The zero-order chi connectivity index (χ0) is 24.6. The van der Waals surface area contributed by atoms with E-state index in [1.165, 1.54) is 19.2 Å². The zero-order valence-corrected chi connectivity index (χ0v) is 20.8. The Morgan fingerprint density at radius 3 is 2.36 bits per heavy atom. The minimum Gasteiger partial charge on any atom is -0.508 e. The van der Waals surface area contributed by atoms with Crippen LogP contribution < -0.4 is 14.8 Å². The van der Waals surface area contributed by atoms with Gasteiger partial charge in [0.25, 0.3) is 5.91 Å². The van der Waals surface area contributed by atoms with Gasteiger partial charge in [-0.05, 0) is 55.2 Å². The minimum absolute atomic E-state index is 0.00393. The first-order valence-corrected chi connectivity index (χ1v) is 11.9. The molecule has 2 atom stereocenters. The van der Waals surface area contributed by atoms with Crippen LogP contribution in [0.25, 0.3) is 0 Å². The molecule has 1 fully saturated rings. The predicted molar refractivity (Wildman–Crippen MR) is 131 cm³/mol. The number of nitrogens with one attached hydrogen (secondary N) is 1. The van der Waals surface area contributed by atoms with Crippen LogP contribution in [0.3, 0.4) is 0 Å². The summed E-state index contributed by atoms with van der Waals surface area (Å²) in [6, 6.07) is 8.05. The molecule has 0 radical (unpaired) electrons. The lowest BCUT2D eigenvalue weighted by atomic mass is 9.74. The van der Waals surface area contributed by atoms with Gasteiger partial charge in [0, 0.05) is 29.8 Å². The van der Waals surface area contributed by atoms with Gasteiger partial charge in [0.05, 0.1) is 19.8 Å². The molecule has 0 heterocycles. The molecule has 0 bridgehead atoms. The van der Waals surface area contributed by atoms with Gasteiger partial charge >= 0.3 is 0 Å². The molecule has 2 aromatic carbocycles. The van der Waals surface area contributed by atoms with Crippen LogP contribution >= 0.6 is 0 Å². The molecule has 2 aromatic rings. The van der Waals surface area contributed by atoms with Gasteiger partial charge in [0.1, 0.15) is 23.0 Å². The number of hydrogen-bond donors (Lipinski definition) is 3. The topological polar surface area (TPSA) is 88.0 Å². The highest BCUT2D eigenvalue weighted by atomic mass is 16.5. The maximum Gasteiger partial charge on any atom is 0.255 e. The number of rotatable bonds is 8. The lowest BCUT2D eigenvalue weighted by Gasteiger charge is -2.32. The Kier molecular flexibility index (Phi) is 9.44. The van der Waals surface area contributed by atoms with Crippen molar-refractivity contribution in [2.75, 3.05) is 14.2 Å². The third-order valence-corrected chi connectivity index (χ3v) is 6.43. The van der Waals surface area contributed by atoms with E-state index in [2.05, 4.69) is 19.2 Å². The Bertz CT molecular complexity index is 938. The summed E-state index contributed by atoms with van der Waals surface area (Å²) in [5.41, 5.74) is 2.04. The third kappa shape index (κ3) is 5.92. The average Bonchev–Trinajstić information content (AvgIpc) is 3.20. The Morgan fingerprint density at radius 2 is 1.82 bits per heavy atom. The number of methoxy groups -OCH3 is 2. The fourth-order valence-electron chi connectivity index (χ4n) is 4.94. The molecule has 1 saturated carbocycles. The van der Waals surface area contributed by atoms with Gasteiger partial charge in [-0.15, -0.1) is 0 Å². The lowest BCUT2D eigenvalue weighted by Crippen LogP contribution is -2.27. The van der Waals surface area contributed by atoms with Crippen molar-refractivity contribution < 1.29 is 24.5 Å². The van der Waals surface area contributed by atoms with E-state index < -0.39 is 0 Å². The summed E-state index contributed by atoms with van der Waals surface area (Å²) in [5.74, 6) is 1.46. The second kappa shape index (κ2) is 11.8. The summed E-state index contributed by atoms with van der Waals surface area (Å²) in [6.07, 6.45) is 5.42. The van der Waals surface area contributed by atoms with Crippen LogP contribution in [0.5, 0.6) is 23.0 Å². The molecule has 1 aliphatic carbocycles. The van der Waals surface area contributed by atoms with E-state index in [4.69, 9.17) is 9.47 Å². The highest BCUT2D eigenvalue weighted by Crippen LogP contribution is 2.51. The molecule has 6 nitrogen and oxygen atoms in total. The molecule has 33 heavy (non-hydrogen) atoms. The first-order valence-electron chi connectivity index (χ1n) is 11.9. The average molecular weight is 458 g/mol. The van der Waals surface area contributed by atoms with Crippen molar-refractivity contribution in [2.24, 2.45) is 5.92 Å². The standard InChI is InChI=1S/C25H33NO5.C2H6/c1-5-9-25(10-8-16(2)14-25)20-12-19(22(30-3)13-23(20)31-4)24(29)26-15-17-6-7-18(27)11-21(17)28;1-2/h6-7,11-13,16,27-28H,5,8-10,14-15H2,1-4H3,(H,26,29);1-2H3. The van der Waals surface area contributed by atoms with Crippen LogP contribution in [0, 0.1) is 5.92 Å². The van der Waals surface area contributed by atoms with Crippen molar-refractivity contribution in [3.05, 3.63) is 47.0 Å². The smallest absolute Gasteiger partial charge is 0.255 e. The van der Waals surface area contributed by atoms with Crippen molar-refractivity contribution in [1.29, 1.82) is 0 Å². The molecular weight excluding hydrogens is 418 g/mol. The number of ether oxygens (including phenoxy) is 2. The van der Waals surface area contributed by atoms with Crippen LogP contribution in [0.4, 0.5) is 0 Å². The van der Waals surface area contributed by atoms with Gasteiger partial charge in [-0.3, -0.25) is 4.79 Å². The highest BCUT2D eigenvalue weighted by Gasteiger charge is 2.41. The Morgan fingerprint density at radius 1 is 1.12 bits per heavy atom. The number of benzene rings is 2. The molecular formula is C27H39NO5. The highest BCUT2D eigenvalue weighted by molar-refractivity contribution is 5.97. The second-order valence-electron chi connectivity index (χ2n) is 8.63. The number of phenols is 2. The Hall–Kier alpha value is -2.89. The first-order chi connectivity index (χ1) is 15.8. The molecule has 0 spiro atoms. The minimum atomic E-state index is -0.286. The molecule has 0 saturated heterocycles. The van der Waals surface area contributed by atoms with Gasteiger partial charge in [-0.1, -0.05) is 34.1 Å². The summed E-state index contributed by atoms with van der Waals surface area (Å²) in [5, 5.41) is 22.3. The van der Waals surface area contributed by atoms with Crippen LogP contribution in [0.1, 0.15) is 81.3 Å². The molecule has 2 unspecified atom stereocenters. The van der Waals surface area contributed by atoms with Crippen molar-refractivity contribution >= 4 is 5.91 Å². The second-order valence-corrected chi connectivity index (χ2v) is 8.63. The number of carbonyl (C=O) groups excluding carboxylic acids is 1. The van der Waals surface area contributed by atoms with E-state index in [1.54, 1.807) is 13.2 Å². The van der Waals surface area contributed by atoms with Gasteiger partial charge in [-0.2, -0.15) is 0 Å². The van der Waals surface area contributed by atoms with Crippen molar-refractivity contribution in [3.8, 4) is 23.0 Å². The number of carbonyl (C=O) groups is 1. The van der Waals surface area contributed by atoms with Gasteiger partial charge in [0.2, 0.25) is 0 Å². The van der Waals surface area contributed by atoms with Crippen LogP contribution in [0.2, 0.25) is 0 Å². The number of phenolic OH excluding ortho intramolecular Hbond substituents is 2. The van der Waals surface area contributed by atoms with E-state index in [9.17, 15) is 15.0 Å². The van der Waals surface area contributed by atoms with E-state index in [-0.39, 0.29) is 29.4 Å². The van der Waals surface area contributed by atoms with E-state index in [1.807, 2.05) is 26.0 Å². The van der Waals surface area contributed by atoms with E-state index >= 15 is 0 Å². The molecule has 1 aliphatic rings. The van der Waals surface area contributed by atoms with E-state index in [0.717, 1.165) is 43.4 Å². The summed E-state index contributed by atoms with van der Waals surface area (Å²) in [4.78, 5) is 13.1. The van der Waals surface area contributed by atoms with Crippen molar-refractivity contribution in [3.63, 3.8) is 0 Å². The largest absolute Gasteiger partial charge is 0.508 e. The Labute approximate surface area is 197 Å². The summed E-state index contributed by atoms with van der Waals surface area (Å²) < 4.78 is 11.2. The SMILES string of the molecule is CC.CCCC1(c2cc(C(=O)NCc3ccc(O)cc3O)c(OC)cc2OC)CCC(C)C1. The Balaban J connectivity index is 0.00000187. The van der Waals surface area contributed by atoms with Crippen LogP contribution in [-0.2, 0) is 12.0 Å². The quantitative estimate of drug-likeness (QED) is 0.457. The van der Waals surface area contributed by atoms with Gasteiger partial charge in [0.15, 0.2) is 0 Å². The molecule has 3 N–H and O–H groups in total. The normalized spacial score (nSPS) is 19.4. The summed E-state index contributed by atoms with van der Waals surface area (Å²) in [6.45, 7) is 8.61. The third-order valence-electron chi connectivity index (χ3n) is 6.43. The van der Waals surface area contributed by atoms with Crippen molar-refractivity contribution in [2.45, 2.75) is 71.8 Å².